The Morgan fingerprint density at radius 1 is 1.43 bits per heavy atom. The number of rotatable bonds is 5. The normalized spacial score (nSPS) is 19.4. The van der Waals surface area contributed by atoms with Crippen LogP contribution in [0.5, 0.6) is 0 Å². The van der Waals surface area contributed by atoms with E-state index in [1.165, 1.54) is 5.52 Å². The van der Waals surface area contributed by atoms with Gasteiger partial charge < -0.3 is 9.67 Å². The highest BCUT2D eigenvalue weighted by Crippen LogP contribution is 2.33. The molecule has 5 heteroatoms. The van der Waals surface area contributed by atoms with E-state index in [1.54, 1.807) is 0 Å². The van der Waals surface area contributed by atoms with E-state index in [2.05, 4.69) is 22.5 Å². The summed E-state index contributed by atoms with van der Waals surface area (Å²) in [5, 5.41) is 8.90. The molecule has 112 valence electrons. The first-order chi connectivity index (χ1) is 10.2. The molecule has 0 aliphatic carbocycles. The number of hydrogen-bond donors (Lipinski definition) is 1. The molecule has 5 nitrogen and oxygen atoms in total. The number of imidazole rings is 1. The molecule has 2 aromatic rings. The Bertz CT molecular complexity index is 650. The lowest BCUT2D eigenvalue weighted by atomic mass is 10.2. The number of carbonyl (C=O) groups is 1. The van der Waals surface area contributed by atoms with Gasteiger partial charge in [-0.1, -0.05) is 12.1 Å². The smallest absolute Gasteiger partial charge is 0.304 e. The molecule has 2 heterocycles. The number of benzene rings is 1. The molecule has 1 saturated heterocycles. The van der Waals surface area contributed by atoms with Crippen molar-refractivity contribution in [3.63, 3.8) is 0 Å². The predicted molar refractivity (Wildman–Crippen MR) is 81.2 cm³/mol. The van der Waals surface area contributed by atoms with Crippen molar-refractivity contribution in [1.82, 2.24) is 14.5 Å². The van der Waals surface area contributed by atoms with Gasteiger partial charge in [-0.15, -0.1) is 0 Å². The zero-order chi connectivity index (χ0) is 14.8. The maximum Gasteiger partial charge on any atom is 0.304 e. The average molecular weight is 287 g/mol. The number of nitrogens with zero attached hydrogens (tertiary/aromatic N) is 3. The second-order valence-corrected chi connectivity index (χ2v) is 5.54. The maximum absolute atomic E-state index is 10.8. The highest BCUT2D eigenvalue weighted by atomic mass is 16.4. The van der Waals surface area contributed by atoms with Crippen molar-refractivity contribution >= 4 is 17.0 Å². The number of aromatic nitrogens is 2. The number of hydrogen-bond acceptors (Lipinski definition) is 3. The van der Waals surface area contributed by atoms with Gasteiger partial charge in [0.05, 0.1) is 23.5 Å². The Balaban J connectivity index is 1.93. The quantitative estimate of drug-likeness (QED) is 0.918. The van der Waals surface area contributed by atoms with Crippen LogP contribution in [0.15, 0.2) is 24.3 Å². The molecule has 0 amide bonds. The van der Waals surface area contributed by atoms with Gasteiger partial charge in [0.2, 0.25) is 0 Å². The fourth-order valence-corrected chi connectivity index (χ4v) is 3.31. The lowest BCUT2D eigenvalue weighted by molar-refractivity contribution is -0.137. The topological polar surface area (TPSA) is 58.4 Å². The van der Waals surface area contributed by atoms with E-state index in [-0.39, 0.29) is 12.5 Å². The van der Waals surface area contributed by atoms with Crippen LogP contribution in [0, 0.1) is 0 Å². The highest BCUT2D eigenvalue weighted by Gasteiger charge is 2.30. The lowest BCUT2D eigenvalue weighted by Crippen LogP contribution is -2.28. The Kier molecular flexibility index (Phi) is 3.92. The summed E-state index contributed by atoms with van der Waals surface area (Å²) in [5.41, 5.74) is 2.19. The Morgan fingerprint density at radius 3 is 3.00 bits per heavy atom. The van der Waals surface area contributed by atoms with Crippen molar-refractivity contribution < 1.29 is 9.90 Å². The fourth-order valence-electron chi connectivity index (χ4n) is 3.31. The van der Waals surface area contributed by atoms with Crippen molar-refractivity contribution in [2.24, 2.45) is 0 Å². The van der Waals surface area contributed by atoms with Gasteiger partial charge in [-0.3, -0.25) is 9.69 Å². The third-order valence-corrected chi connectivity index (χ3v) is 4.27. The third-order valence-electron chi connectivity index (χ3n) is 4.27. The fraction of sp³-hybridized carbons (Fsp3) is 0.500. The van der Waals surface area contributed by atoms with Gasteiger partial charge in [0.25, 0.3) is 0 Å². The lowest BCUT2D eigenvalue weighted by Gasteiger charge is -2.23. The first-order valence-corrected chi connectivity index (χ1v) is 7.61. The Labute approximate surface area is 124 Å². The van der Waals surface area contributed by atoms with Gasteiger partial charge in [0.15, 0.2) is 0 Å². The minimum Gasteiger partial charge on any atom is -0.481 e. The van der Waals surface area contributed by atoms with Crippen LogP contribution in [0.4, 0.5) is 0 Å². The highest BCUT2D eigenvalue weighted by molar-refractivity contribution is 5.76. The molecule has 0 bridgehead atoms. The largest absolute Gasteiger partial charge is 0.481 e. The molecular weight excluding hydrogens is 266 g/mol. The molecule has 1 fully saturated rings. The van der Waals surface area contributed by atoms with Crippen molar-refractivity contribution in [2.75, 3.05) is 13.1 Å². The number of para-hydroxylation sites is 2. The molecule has 0 radical (unpaired) electrons. The van der Waals surface area contributed by atoms with E-state index in [0.29, 0.717) is 6.54 Å². The molecule has 1 aromatic heterocycles. The van der Waals surface area contributed by atoms with Gasteiger partial charge in [0.1, 0.15) is 5.82 Å². The van der Waals surface area contributed by atoms with E-state index in [1.807, 2.05) is 18.2 Å². The number of aryl methyl sites for hydroxylation is 1. The van der Waals surface area contributed by atoms with E-state index in [4.69, 9.17) is 10.1 Å². The van der Waals surface area contributed by atoms with Crippen LogP contribution >= 0.6 is 0 Å². The second kappa shape index (κ2) is 5.85. The molecule has 0 unspecified atom stereocenters. The van der Waals surface area contributed by atoms with Gasteiger partial charge >= 0.3 is 5.97 Å². The minimum absolute atomic E-state index is 0.197. The number of aliphatic carboxylic acids is 1. The number of fused-ring (bicyclic) bond motifs is 1. The molecule has 0 spiro atoms. The molecule has 0 saturated carbocycles. The number of likely N-dealkylation sites (tertiary alicyclic amines) is 1. The number of carboxylic acids is 1. The van der Waals surface area contributed by atoms with Crippen LogP contribution in [0.1, 0.15) is 38.1 Å². The monoisotopic (exact) mass is 287 g/mol. The first-order valence-electron chi connectivity index (χ1n) is 7.61. The van der Waals surface area contributed by atoms with Crippen molar-refractivity contribution in [1.29, 1.82) is 0 Å². The minimum atomic E-state index is -0.732. The second-order valence-electron chi connectivity index (χ2n) is 5.54. The maximum atomic E-state index is 10.8. The van der Waals surface area contributed by atoms with Gasteiger partial charge in [-0.25, -0.2) is 4.98 Å². The number of carboxylic acid groups (broad SMARTS) is 1. The van der Waals surface area contributed by atoms with Gasteiger partial charge in [-0.2, -0.15) is 0 Å². The Morgan fingerprint density at radius 2 is 2.24 bits per heavy atom. The van der Waals surface area contributed by atoms with E-state index >= 15 is 0 Å². The van der Waals surface area contributed by atoms with Crippen LogP contribution in [0.25, 0.3) is 11.0 Å². The third kappa shape index (κ3) is 2.65. The summed E-state index contributed by atoms with van der Waals surface area (Å²) in [4.78, 5) is 17.9. The SMILES string of the molecule is CCn1c([C@@H]2CCCN2CCC(=O)O)nc2ccccc21. The van der Waals surface area contributed by atoms with Gasteiger partial charge in [-0.05, 0) is 38.4 Å². The molecule has 1 atom stereocenters. The summed E-state index contributed by atoms with van der Waals surface area (Å²) in [6.45, 7) is 4.59. The molecule has 21 heavy (non-hydrogen) atoms. The molecule has 3 rings (SSSR count). The summed E-state index contributed by atoms with van der Waals surface area (Å²) < 4.78 is 2.26. The average Bonchev–Trinajstić information content (AvgIpc) is 3.08. The summed E-state index contributed by atoms with van der Waals surface area (Å²) >= 11 is 0. The van der Waals surface area contributed by atoms with Crippen molar-refractivity contribution in [2.45, 2.75) is 38.8 Å². The molecular formula is C16H21N3O2. The summed E-state index contributed by atoms with van der Waals surface area (Å²) in [6, 6.07) is 8.44. The van der Waals surface area contributed by atoms with E-state index in [0.717, 1.165) is 37.3 Å². The first kappa shape index (κ1) is 14.1. The summed E-state index contributed by atoms with van der Waals surface area (Å²) in [5.74, 6) is 0.353. The Hall–Kier alpha value is -1.88. The zero-order valence-corrected chi connectivity index (χ0v) is 12.3. The molecule has 1 aliphatic rings. The van der Waals surface area contributed by atoms with Crippen LogP contribution in [0.2, 0.25) is 0 Å². The van der Waals surface area contributed by atoms with Crippen LogP contribution in [-0.4, -0.2) is 38.6 Å². The zero-order valence-electron chi connectivity index (χ0n) is 12.3. The standard InChI is InChI=1S/C16H21N3O2/c1-2-19-13-7-4-3-6-12(13)17-16(19)14-8-5-10-18(14)11-9-15(20)21/h3-4,6-7,14H,2,5,8-11H2,1H3,(H,20,21)/t14-/m0/s1. The molecule has 1 N–H and O–H groups in total. The summed E-state index contributed by atoms with van der Waals surface area (Å²) in [7, 11) is 0. The summed E-state index contributed by atoms with van der Waals surface area (Å²) in [6.07, 6.45) is 2.36. The van der Waals surface area contributed by atoms with Gasteiger partial charge in [0, 0.05) is 13.1 Å². The van der Waals surface area contributed by atoms with Crippen LogP contribution in [-0.2, 0) is 11.3 Å². The van der Waals surface area contributed by atoms with E-state index in [9.17, 15) is 4.79 Å². The van der Waals surface area contributed by atoms with E-state index < -0.39 is 5.97 Å². The molecule has 1 aromatic carbocycles. The van der Waals surface area contributed by atoms with Crippen LogP contribution < -0.4 is 0 Å². The molecule has 1 aliphatic heterocycles. The van der Waals surface area contributed by atoms with Crippen molar-refractivity contribution in [3.8, 4) is 0 Å². The van der Waals surface area contributed by atoms with Crippen molar-refractivity contribution in [3.05, 3.63) is 30.1 Å². The van der Waals surface area contributed by atoms with Crippen LogP contribution in [0.3, 0.4) is 0 Å². The predicted octanol–water partition coefficient (Wildman–Crippen LogP) is 2.67.